The Kier molecular flexibility index (Phi) is 6.32. The molecule has 5 heterocycles. The summed E-state index contributed by atoms with van der Waals surface area (Å²) in [5, 5.41) is 18.4. The number of carbonyl (C=O) groups excluding carboxylic acids is 1. The van der Waals surface area contributed by atoms with Crippen molar-refractivity contribution in [3.63, 3.8) is 0 Å². The normalized spacial score (nSPS) is 16.9. The maximum atomic E-state index is 13.3. The van der Waals surface area contributed by atoms with Crippen molar-refractivity contribution < 1.29 is 14.6 Å². The number of pyridine rings is 1. The fourth-order valence-electron chi connectivity index (χ4n) is 5.58. The van der Waals surface area contributed by atoms with E-state index < -0.39 is 0 Å². The Morgan fingerprint density at radius 1 is 1.24 bits per heavy atom. The molecule has 11 nitrogen and oxygen atoms in total. The van der Waals surface area contributed by atoms with Crippen LogP contribution in [0.25, 0.3) is 21.9 Å². The Morgan fingerprint density at radius 3 is 2.82 bits per heavy atom. The number of aromatic nitrogens is 5. The van der Waals surface area contributed by atoms with E-state index in [0.717, 1.165) is 61.1 Å². The summed E-state index contributed by atoms with van der Waals surface area (Å²) < 4.78 is 7.19. The molecule has 2 aliphatic rings. The summed E-state index contributed by atoms with van der Waals surface area (Å²) in [6, 6.07) is 7.70. The molecule has 0 saturated carbocycles. The van der Waals surface area contributed by atoms with Crippen LogP contribution in [-0.4, -0.2) is 79.6 Å². The lowest BCUT2D eigenvalue weighted by Gasteiger charge is -2.54. The predicted octanol–water partition coefficient (Wildman–Crippen LogP) is 2.44. The number of anilines is 2. The highest BCUT2D eigenvalue weighted by atomic mass is 16.5. The Balaban J connectivity index is 1.33. The smallest absolute Gasteiger partial charge is 0.254 e. The maximum Gasteiger partial charge on any atom is 0.254 e. The lowest BCUT2D eigenvalue weighted by atomic mass is 9.77. The number of amides is 1. The van der Waals surface area contributed by atoms with Gasteiger partial charge in [0.2, 0.25) is 5.95 Å². The molecule has 0 bridgehead atoms. The van der Waals surface area contributed by atoms with Gasteiger partial charge in [-0.25, -0.2) is 4.98 Å². The van der Waals surface area contributed by atoms with Crippen LogP contribution in [0.4, 0.5) is 11.8 Å². The molecule has 1 aromatic carbocycles. The number of nitrogens with one attached hydrogen (secondary N) is 1. The van der Waals surface area contributed by atoms with Crippen LogP contribution in [0, 0.1) is 5.41 Å². The second-order valence-electron chi connectivity index (χ2n) is 10.4. The van der Waals surface area contributed by atoms with Crippen LogP contribution in [0.15, 0.2) is 36.7 Å². The zero-order valence-electron chi connectivity index (χ0n) is 21.4. The second-order valence-corrected chi connectivity index (χ2v) is 10.4. The number of nitrogens with two attached hydrogens (primary N) is 1. The average Bonchev–Trinajstić information content (AvgIpc) is 3.25. The van der Waals surface area contributed by atoms with Gasteiger partial charge in [-0.05, 0) is 30.5 Å². The zero-order valence-corrected chi connectivity index (χ0v) is 21.4. The highest BCUT2D eigenvalue weighted by molar-refractivity contribution is 6.07. The second kappa shape index (κ2) is 9.80. The van der Waals surface area contributed by atoms with Gasteiger partial charge < -0.3 is 25.8 Å². The molecule has 1 unspecified atom stereocenters. The number of nitrogens with zero attached hydrogens (tertiary/aromatic N) is 6. The number of rotatable bonds is 9. The number of aliphatic hydroxyl groups excluding tert-OH is 1. The number of carbonyl (C=O) groups is 1. The molecule has 3 aromatic heterocycles. The number of hydrogen-bond acceptors (Lipinski definition) is 9. The first-order valence-electron chi connectivity index (χ1n) is 13.1. The molecular weight excluding hydrogens is 484 g/mol. The lowest BCUT2D eigenvalue weighted by molar-refractivity contribution is -0.176. The van der Waals surface area contributed by atoms with E-state index in [2.05, 4.69) is 32.3 Å². The van der Waals surface area contributed by atoms with Crippen molar-refractivity contribution in [2.24, 2.45) is 5.41 Å². The van der Waals surface area contributed by atoms with E-state index in [9.17, 15) is 9.90 Å². The highest BCUT2D eigenvalue weighted by Crippen LogP contribution is 2.39. The number of ether oxygens (including phenoxy) is 1. The first-order valence-corrected chi connectivity index (χ1v) is 13.1. The number of likely N-dealkylation sites (tertiary alicyclic amines) is 1. The number of nitrogen functional groups attached to an aromatic ring is 1. The predicted molar refractivity (Wildman–Crippen MR) is 144 cm³/mol. The maximum absolute atomic E-state index is 13.3. The number of aliphatic hydroxyl groups is 1. The zero-order chi connectivity index (χ0) is 26.3. The Labute approximate surface area is 220 Å². The molecule has 11 heteroatoms. The van der Waals surface area contributed by atoms with E-state index in [4.69, 9.17) is 10.5 Å². The molecule has 2 aliphatic heterocycles. The molecule has 4 N–H and O–H groups in total. The molecule has 38 heavy (non-hydrogen) atoms. The van der Waals surface area contributed by atoms with E-state index in [1.54, 1.807) is 12.4 Å². The SMILES string of the molecule is CCCC(CCO)Nc1nc(N)nc2cnn(Cc3ccc(C(=O)N4CC5(COC5)C4)c4cccnc34)c12. The van der Waals surface area contributed by atoms with E-state index in [-0.39, 0.29) is 29.9 Å². The third kappa shape index (κ3) is 4.31. The minimum atomic E-state index is 0.0258. The van der Waals surface area contributed by atoms with Crippen molar-refractivity contribution in [2.75, 3.05) is 44.0 Å². The molecular formula is C27H32N8O3. The van der Waals surface area contributed by atoms with E-state index in [1.165, 1.54) is 0 Å². The number of benzene rings is 1. The minimum absolute atomic E-state index is 0.0258. The van der Waals surface area contributed by atoms with Gasteiger partial charge in [-0.2, -0.15) is 10.1 Å². The molecule has 1 atom stereocenters. The van der Waals surface area contributed by atoms with Gasteiger partial charge in [0.1, 0.15) is 11.0 Å². The standard InChI is InChI=1S/C27H32N8O3/c1-2-4-18(8-10-36)31-24-23-21(32-26(28)33-24)11-30-35(23)12-17-6-7-20(19-5-3-9-29-22(17)19)25(37)34-13-27(14-34)15-38-16-27/h3,5-7,9,11,18,36H,2,4,8,10,12-16H2,1H3,(H3,28,31,32,33). The van der Waals surface area contributed by atoms with Crippen molar-refractivity contribution in [1.29, 1.82) is 0 Å². The van der Waals surface area contributed by atoms with Gasteiger partial charge in [-0.3, -0.25) is 14.5 Å². The monoisotopic (exact) mass is 516 g/mol. The summed E-state index contributed by atoms with van der Waals surface area (Å²) in [7, 11) is 0. The fourth-order valence-corrected chi connectivity index (χ4v) is 5.58. The van der Waals surface area contributed by atoms with Gasteiger partial charge in [-0.15, -0.1) is 0 Å². The summed E-state index contributed by atoms with van der Waals surface area (Å²) in [4.78, 5) is 28.7. The molecule has 4 aromatic rings. The average molecular weight is 517 g/mol. The Morgan fingerprint density at radius 2 is 2.08 bits per heavy atom. The highest BCUT2D eigenvalue weighted by Gasteiger charge is 2.50. The molecule has 2 fully saturated rings. The van der Waals surface area contributed by atoms with Gasteiger partial charge in [0.15, 0.2) is 5.82 Å². The van der Waals surface area contributed by atoms with Crippen LogP contribution in [0.2, 0.25) is 0 Å². The van der Waals surface area contributed by atoms with Crippen LogP contribution in [0.1, 0.15) is 42.1 Å². The topological polar surface area (TPSA) is 144 Å². The lowest BCUT2D eigenvalue weighted by Crippen LogP contribution is -2.67. The molecule has 198 valence electrons. The van der Waals surface area contributed by atoms with Crippen molar-refractivity contribution in [2.45, 2.75) is 38.8 Å². The Bertz CT molecular complexity index is 1480. The minimum Gasteiger partial charge on any atom is -0.396 e. The van der Waals surface area contributed by atoms with Crippen molar-refractivity contribution in [1.82, 2.24) is 29.6 Å². The third-order valence-electron chi connectivity index (χ3n) is 7.52. The first-order chi connectivity index (χ1) is 18.5. The summed E-state index contributed by atoms with van der Waals surface area (Å²) in [5.74, 6) is 0.778. The Hall–Kier alpha value is -3.83. The van der Waals surface area contributed by atoms with Crippen molar-refractivity contribution in [3.05, 3.63) is 47.8 Å². The fraction of sp³-hybridized carbons (Fsp3) is 0.444. The van der Waals surface area contributed by atoms with Crippen LogP contribution in [0.3, 0.4) is 0 Å². The van der Waals surface area contributed by atoms with E-state index in [1.807, 2.05) is 33.8 Å². The summed E-state index contributed by atoms with van der Waals surface area (Å²) in [6.45, 7) is 5.55. The number of fused-ring (bicyclic) bond motifs is 2. The van der Waals surface area contributed by atoms with Gasteiger partial charge in [0.25, 0.3) is 5.91 Å². The molecule has 0 aliphatic carbocycles. The van der Waals surface area contributed by atoms with Gasteiger partial charge >= 0.3 is 0 Å². The van der Waals surface area contributed by atoms with E-state index >= 15 is 0 Å². The molecule has 1 amide bonds. The quantitative estimate of drug-likeness (QED) is 0.305. The molecule has 2 saturated heterocycles. The molecule has 6 rings (SSSR count). The van der Waals surface area contributed by atoms with Crippen molar-refractivity contribution >= 4 is 39.6 Å². The van der Waals surface area contributed by atoms with Crippen LogP contribution in [-0.2, 0) is 11.3 Å². The molecule has 1 spiro atoms. The van der Waals surface area contributed by atoms with Gasteiger partial charge in [0, 0.05) is 42.9 Å². The summed E-state index contributed by atoms with van der Waals surface area (Å²) in [6.07, 6.45) is 5.87. The van der Waals surface area contributed by atoms with Crippen LogP contribution >= 0.6 is 0 Å². The summed E-state index contributed by atoms with van der Waals surface area (Å²) >= 11 is 0. The van der Waals surface area contributed by atoms with Crippen LogP contribution < -0.4 is 11.1 Å². The van der Waals surface area contributed by atoms with Gasteiger partial charge in [0.05, 0.1) is 36.9 Å². The van der Waals surface area contributed by atoms with Gasteiger partial charge in [-0.1, -0.05) is 25.5 Å². The first kappa shape index (κ1) is 24.5. The largest absolute Gasteiger partial charge is 0.396 e. The van der Waals surface area contributed by atoms with Crippen molar-refractivity contribution in [3.8, 4) is 0 Å². The molecule has 0 radical (unpaired) electrons. The third-order valence-corrected chi connectivity index (χ3v) is 7.52. The van der Waals surface area contributed by atoms with E-state index in [0.29, 0.717) is 29.9 Å². The summed E-state index contributed by atoms with van der Waals surface area (Å²) in [5.41, 5.74) is 9.87. The number of hydrogen-bond donors (Lipinski definition) is 3. The van der Waals surface area contributed by atoms with Crippen LogP contribution in [0.5, 0.6) is 0 Å².